The van der Waals surface area contributed by atoms with Gasteiger partial charge < -0.3 is 10.1 Å². The van der Waals surface area contributed by atoms with Crippen molar-refractivity contribution in [2.45, 2.75) is 39.7 Å². The van der Waals surface area contributed by atoms with Gasteiger partial charge in [-0.3, -0.25) is 9.59 Å². The number of thiophene rings is 1. The molecule has 1 amide bonds. The van der Waals surface area contributed by atoms with Gasteiger partial charge in [0, 0.05) is 34.7 Å². The summed E-state index contributed by atoms with van der Waals surface area (Å²) in [4.78, 5) is 26.1. The Labute approximate surface area is 155 Å². The van der Waals surface area contributed by atoms with Gasteiger partial charge in [0.1, 0.15) is 5.75 Å². The summed E-state index contributed by atoms with van der Waals surface area (Å²) in [5, 5.41) is 2.76. The maximum Gasteiger partial charge on any atom is 0.387 e. The number of hydrogen-bond donors (Lipinski definition) is 1. The number of ketones is 1. The first-order valence-corrected chi connectivity index (χ1v) is 9.07. The molecule has 26 heavy (non-hydrogen) atoms. The molecule has 140 valence electrons. The minimum atomic E-state index is -2.84. The van der Waals surface area contributed by atoms with Gasteiger partial charge in [-0.1, -0.05) is 12.1 Å². The predicted molar refractivity (Wildman–Crippen MR) is 97.1 cm³/mol. The van der Waals surface area contributed by atoms with Crippen LogP contribution in [0.4, 0.5) is 8.78 Å². The van der Waals surface area contributed by atoms with Crippen LogP contribution in [-0.4, -0.2) is 24.8 Å². The Kier molecular flexibility index (Phi) is 7.26. The molecule has 1 aromatic carbocycles. The van der Waals surface area contributed by atoms with E-state index in [-0.39, 0.29) is 30.3 Å². The number of amides is 1. The molecule has 4 nitrogen and oxygen atoms in total. The SMILES string of the molecule is Cc1cc(C(=O)CCC(=O)NCCc2ccc(OC(F)F)cc2)c(C)s1. The van der Waals surface area contributed by atoms with Crippen LogP contribution in [0.15, 0.2) is 30.3 Å². The number of halogens is 2. The number of aryl methyl sites for hydroxylation is 2. The molecule has 2 rings (SSSR count). The Morgan fingerprint density at radius 1 is 1.15 bits per heavy atom. The molecule has 7 heteroatoms. The lowest BCUT2D eigenvalue weighted by Crippen LogP contribution is -2.26. The fourth-order valence-corrected chi connectivity index (χ4v) is 3.48. The van der Waals surface area contributed by atoms with Crippen LogP contribution in [0.25, 0.3) is 0 Å². The number of Topliss-reactive ketones (excluding diaryl/α,β-unsaturated/α-hetero) is 1. The predicted octanol–water partition coefficient (Wildman–Crippen LogP) is 4.29. The van der Waals surface area contributed by atoms with Crippen molar-refractivity contribution in [1.82, 2.24) is 5.32 Å². The van der Waals surface area contributed by atoms with Crippen LogP contribution in [0.3, 0.4) is 0 Å². The highest BCUT2D eigenvalue weighted by Crippen LogP contribution is 2.22. The number of ether oxygens (including phenoxy) is 1. The Balaban J connectivity index is 1.70. The molecule has 0 radical (unpaired) electrons. The first kappa shape index (κ1) is 20.0. The average Bonchev–Trinajstić information content (AvgIpc) is 2.92. The van der Waals surface area contributed by atoms with Crippen molar-refractivity contribution in [2.75, 3.05) is 6.54 Å². The average molecular weight is 381 g/mol. The molecular formula is C19H21F2NO3S. The van der Waals surface area contributed by atoms with E-state index >= 15 is 0 Å². The van der Waals surface area contributed by atoms with Crippen LogP contribution in [-0.2, 0) is 11.2 Å². The standard InChI is InChI=1S/C19H21F2NO3S/c1-12-11-16(13(2)26-12)17(23)7-8-18(24)22-10-9-14-3-5-15(6-4-14)25-19(20)21/h3-6,11,19H,7-10H2,1-2H3,(H,22,24). The number of carbonyl (C=O) groups excluding carboxylic acids is 2. The topological polar surface area (TPSA) is 55.4 Å². The maximum absolute atomic E-state index is 12.1. The zero-order valence-electron chi connectivity index (χ0n) is 14.7. The molecule has 0 aliphatic rings. The summed E-state index contributed by atoms with van der Waals surface area (Å²) in [5.41, 5.74) is 1.60. The molecule has 0 atom stereocenters. The lowest BCUT2D eigenvalue weighted by Gasteiger charge is -2.07. The van der Waals surface area contributed by atoms with E-state index < -0.39 is 6.61 Å². The summed E-state index contributed by atoms with van der Waals surface area (Å²) in [7, 11) is 0. The largest absolute Gasteiger partial charge is 0.435 e. The second-order valence-electron chi connectivity index (χ2n) is 5.87. The van der Waals surface area contributed by atoms with Crippen molar-refractivity contribution in [3.05, 3.63) is 51.2 Å². The second kappa shape index (κ2) is 9.43. The molecule has 0 saturated heterocycles. The Morgan fingerprint density at radius 2 is 1.85 bits per heavy atom. The third-order valence-corrected chi connectivity index (χ3v) is 4.77. The number of nitrogens with one attached hydrogen (secondary N) is 1. The molecule has 0 aliphatic heterocycles. The summed E-state index contributed by atoms with van der Waals surface area (Å²) in [6.45, 7) is 1.43. The van der Waals surface area contributed by atoms with E-state index in [2.05, 4.69) is 10.1 Å². The molecule has 0 saturated carbocycles. The molecule has 0 bridgehead atoms. The summed E-state index contributed by atoms with van der Waals surface area (Å²) < 4.78 is 28.4. The number of benzene rings is 1. The van der Waals surface area contributed by atoms with Crippen LogP contribution >= 0.6 is 11.3 Å². The Bertz CT molecular complexity index is 757. The number of rotatable bonds is 9. The van der Waals surface area contributed by atoms with Gasteiger partial charge >= 0.3 is 6.61 Å². The highest BCUT2D eigenvalue weighted by molar-refractivity contribution is 7.12. The Hall–Kier alpha value is -2.28. The molecule has 0 fully saturated rings. The third kappa shape index (κ3) is 6.22. The first-order chi connectivity index (χ1) is 12.3. The molecule has 1 heterocycles. The Morgan fingerprint density at radius 3 is 2.42 bits per heavy atom. The van der Waals surface area contributed by atoms with Crippen LogP contribution < -0.4 is 10.1 Å². The molecule has 2 aromatic rings. The smallest absolute Gasteiger partial charge is 0.387 e. The first-order valence-electron chi connectivity index (χ1n) is 8.26. The van der Waals surface area contributed by atoms with Gasteiger partial charge in [0.15, 0.2) is 5.78 Å². The van der Waals surface area contributed by atoms with Crippen LogP contribution in [0.2, 0.25) is 0 Å². The highest BCUT2D eigenvalue weighted by Gasteiger charge is 2.13. The van der Waals surface area contributed by atoms with Crippen molar-refractivity contribution >= 4 is 23.0 Å². The molecule has 0 aliphatic carbocycles. The van der Waals surface area contributed by atoms with E-state index in [4.69, 9.17) is 0 Å². The monoisotopic (exact) mass is 381 g/mol. The summed E-state index contributed by atoms with van der Waals surface area (Å²) >= 11 is 1.58. The van der Waals surface area contributed by atoms with Crippen molar-refractivity contribution in [2.24, 2.45) is 0 Å². The van der Waals surface area contributed by atoms with Crippen LogP contribution in [0.5, 0.6) is 5.75 Å². The summed E-state index contributed by atoms with van der Waals surface area (Å²) in [5.74, 6) is -0.0949. The number of alkyl halides is 2. The molecule has 1 aromatic heterocycles. The van der Waals surface area contributed by atoms with E-state index in [1.165, 1.54) is 12.1 Å². The van der Waals surface area contributed by atoms with E-state index in [9.17, 15) is 18.4 Å². The lowest BCUT2D eigenvalue weighted by atomic mass is 10.1. The normalized spacial score (nSPS) is 10.8. The summed E-state index contributed by atoms with van der Waals surface area (Å²) in [6, 6.07) is 8.14. The fourth-order valence-electron chi connectivity index (χ4n) is 2.54. The van der Waals surface area contributed by atoms with Crippen molar-refractivity contribution in [3.63, 3.8) is 0 Å². The molecule has 0 spiro atoms. The maximum atomic E-state index is 12.1. The summed E-state index contributed by atoms with van der Waals surface area (Å²) in [6.07, 6.45) is 0.897. The van der Waals surface area contributed by atoms with E-state index in [1.54, 1.807) is 23.5 Å². The minimum Gasteiger partial charge on any atom is -0.435 e. The van der Waals surface area contributed by atoms with E-state index in [1.807, 2.05) is 19.9 Å². The zero-order valence-corrected chi connectivity index (χ0v) is 15.5. The van der Waals surface area contributed by atoms with Gasteiger partial charge in [0.2, 0.25) is 5.91 Å². The minimum absolute atomic E-state index is 0.0170. The molecule has 0 unspecified atom stereocenters. The third-order valence-electron chi connectivity index (χ3n) is 3.80. The van der Waals surface area contributed by atoms with Gasteiger partial charge in [0.05, 0.1) is 0 Å². The van der Waals surface area contributed by atoms with E-state index in [0.717, 1.165) is 15.3 Å². The van der Waals surface area contributed by atoms with E-state index in [0.29, 0.717) is 18.5 Å². The molecular weight excluding hydrogens is 360 g/mol. The highest BCUT2D eigenvalue weighted by atomic mass is 32.1. The lowest BCUT2D eigenvalue weighted by molar-refractivity contribution is -0.121. The van der Waals surface area contributed by atoms with Gasteiger partial charge in [-0.25, -0.2) is 0 Å². The van der Waals surface area contributed by atoms with Crippen molar-refractivity contribution in [3.8, 4) is 5.75 Å². The van der Waals surface area contributed by atoms with Gasteiger partial charge in [-0.15, -0.1) is 11.3 Å². The number of hydrogen-bond acceptors (Lipinski definition) is 4. The van der Waals surface area contributed by atoms with Crippen molar-refractivity contribution in [1.29, 1.82) is 0 Å². The molecule has 1 N–H and O–H groups in total. The number of carbonyl (C=O) groups is 2. The van der Waals surface area contributed by atoms with Crippen LogP contribution in [0, 0.1) is 13.8 Å². The van der Waals surface area contributed by atoms with Gasteiger partial charge in [-0.05, 0) is 44.0 Å². The van der Waals surface area contributed by atoms with Crippen LogP contribution in [0.1, 0.15) is 38.5 Å². The van der Waals surface area contributed by atoms with Gasteiger partial charge in [-0.2, -0.15) is 8.78 Å². The quantitative estimate of drug-likeness (QED) is 0.660. The second-order valence-corrected chi connectivity index (χ2v) is 7.33. The van der Waals surface area contributed by atoms with Crippen molar-refractivity contribution < 1.29 is 23.1 Å². The fraction of sp³-hybridized carbons (Fsp3) is 0.368. The van der Waals surface area contributed by atoms with Gasteiger partial charge in [0.25, 0.3) is 0 Å². The zero-order chi connectivity index (χ0) is 19.1.